The van der Waals surface area contributed by atoms with Crippen molar-refractivity contribution in [3.05, 3.63) is 77.6 Å². The Morgan fingerprint density at radius 2 is 1.80 bits per heavy atom. The van der Waals surface area contributed by atoms with Gasteiger partial charge in [-0.05, 0) is 50.1 Å². The summed E-state index contributed by atoms with van der Waals surface area (Å²) in [7, 11) is 0. The average molecular weight is 409 g/mol. The zero-order valence-electron chi connectivity index (χ0n) is 17.0. The quantitative estimate of drug-likeness (QED) is 0.554. The van der Waals surface area contributed by atoms with E-state index in [0.29, 0.717) is 24.6 Å². The van der Waals surface area contributed by atoms with Crippen molar-refractivity contribution in [3.63, 3.8) is 0 Å². The third kappa shape index (κ3) is 3.51. The molecule has 3 aromatic rings. The molecule has 1 aliphatic heterocycles. The molecule has 0 radical (unpaired) electrons. The van der Waals surface area contributed by atoms with Crippen LogP contribution in [0.4, 0.5) is 5.69 Å². The van der Waals surface area contributed by atoms with Crippen molar-refractivity contribution in [1.29, 1.82) is 0 Å². The third-order valence-corrected chi connectivity index (χ3v) is 5.87. The molecule has 1 aliphatic rings. The van der Waals surface area contributed by atoms with E-state index in [1.54, 1.807) is 24.3 Å². The first kappa shape index (κ1) is 20.3. The van der Waals surface area contributed by atoms with Gasteiger partial charge in [-0.3, -0.25) is 9.69 Å². The van der Waals surface area contributed by atoms with E-state index in [0.717, 1.165) is 29.7 Å². The highest BCUT2D eigenvalue weighted by atomic mass is 16.4. The number of anilines is 1. The Balaban J connectivity index is 1.56. The van der Waals surface area contributed by atoms with Crippen molar-refractivity contribution in [3.8, 4) is 0 Å². The summed E-state index contributed by atoms with van der Waals surface area (Å²) in [4.78, 5) is 14.9. The molecule has 0 saturated carbocycles. The number of rotatable bonds is 7. The fourth-order valence-corrected chi connectivity index (χ4v) is 4.37. The first-order valence-corrected chi connectivity index (χ1v) is 10.2. The van der Waals surface area contributed by atoms with Crippen LogP contribution in [0.1, 0.15) is 35.5 Å². The maximum Gasteiger partial charge on any atom is 0.253 e. The van der Waals surface area contributed by atoms with E-state index in [2.05, 4.69) is 5.32 Å². The van der Waals surface area contributed by atoms with Crippen molar-refractivity contribution in [2.45, 2.75) is 38.0 Å². The van der Waals surface area contributed by atoms with Crippen LogP contribution in [0.15, 0.2) is 63.8 Å². The summed E-state index contributed by atoms with van der Waals surface area (Å²) in [5.74, 6) is 0.384. The summed E-state index contributed by atoms with van der Waals surface area (Å²) in [6, 6.07) is 13.3. The number of benzene rings is 1. The number of carbonyl (C=O) groups excluding carboxylic acids is 1. The van der Waals surface area contributed by atoms with Gasteiger partial charge in [-0.1, -0.05) is 17.7 Å². The van der Waals surface area contributed by atoms with Crippen molar-refractivity contribution in [1.82, 2.24) is 4.90 Å². The number of nitrogens with one attached hydrogen (secondary N) is 1. The number of nitrogens with two attached hydrogens (primary N) is 1. The molecule has 7 heteroatoms. The molecule has 0 bridgehead atoms. The van der Waals surface area contributed by atoms with Gasteiger partial charge in [-0.2, -0.15) is 0 Å². The summed E-state index contributed by atoms with van der Waals surface area (Å²) in [5, 5.41) is 13.2. The van der Waals surface area contributed by atoms with E-state index >= 15 is 0 Å². The van der Waals surface area contributed by atoms with Crippen LogP contribution < -0.4 is 11.1 Å². The lowest BCUT2D eigenvalue weighted by Crippen LogP contribution is -2.58. The molecule has 1 amide bonds. The SMILES string of the molecule is Cc1ccc(NC2CCN(C(C(N)=O)(c3ccco3)c3ccco3)CC2)c(CO)c1. The summed E-state index contributed by atoms with van der Waals surface area (Å²) in [6.45, 7) is 3.25. The van der Waals surface area contributed by atoms with Gasteiger partial charge in [0.05, 0.1) is 19.1 Å². The van der Waals surface area contributed by atoms with E-state index in [4.69, 9.17) is 14.6 Å². The van der Waals surface area contributed by atoms with Crippen LogP contribution >= 0.6 is 0 Å². The Labute approximate surface area is 175 Å². The number of amides is 1. The highest BCUT2D eigenvalue weighted by Gasteiger charge is 2.51. The lowest BCUT2D eigenvalue weighted by molar-refractivity contribution is -0.131. The molecule has 0 spiro atoms. The largest absolute Gasteiger partial charge is 0.466 e. The molecule has 0 aliphatic carbocycles. The Bertz CT molecular complexity index is 940. The minimum Gasteiger partial charge on any atom is -0.466 e. The molecule has 4 rings (SSSR count). The number of hydrogen-bond donors (Lipinski definition) is 3. The fourth-order valence-electron chi connectivity index (χ4n) is 4.37. The Morgan fingerprint density at radius 3 is 2.30 bits per heavy atom. The molecule has 4 N–H and O–H groups in total. The normalized spacial score (nSPS) is 15.9. The monoisotopic (exact) mass is 409 g/mol. The lowest BCUT2D eigenvalue weighted by atomic mass is 9.87. The number of primary amides is 1. The number of carbonyl (C=O) groups is 1. The molecule has 30 heavy (non-hydrogen) atoms. The van der Waals surface area contributed by atoms with Crippen LogP contribution in [0, 0.1) is 6.92 Å². The van der Waals surface area contributed by atoms with Crippen LogP contribution in [0.3, 0.4) is 0 Å². The molecule has 1 saturated heterocycles. The molecule has 1 fully saturated rings. The second-order valence-electron chi connectivity index (χ2n) is 7.75. The average Bonchev–Trinajstić information content (AvgIpc) is 3.46. The van der Waals surface area contributed by atoms with Gasteiger partial charge < -0.3 is 25.0 Å². The third-order valence-electron chi connectivity index (χ3n) is 5.87. The standard InChI is InChI=1S/C23H27N3O4/c1-16-6-7-19(17(14-16)15-27)25-18-8-10-26(11-9-18)23(22(24)28,20-4-2-12-29-20)21-5-3-13-30-21/h2-7,12-14,18,25,27H,8-11,15H2,1H3,(H2,24,28). The maximum atomic E-state index is 12.8. The number of aryl methyl sites for hydroxylation is 1. The van der Waals surface area contributed by atoms with E-state index < -0.39 is 11.4 Å². The second-order valence-corrected chi connectivity index (χ2v) is 7.75. The predicted octanol–water partition coefficient (Wildman–Crippen LogP) is 2.98. The topological polar surface area (TPSA) is 105 Å². The molecule has 3 heterocycles. The Hall–Kier alpha value is -3.03. The highest BCUT2D eigenvalue weighted by Crippen LogP contribution is 2.38. The fraction of sp³-hybridized carbons (Fsp3) is 0.348. The van der Waals surface area contributed by atoms with Gasteiger partial charge in [0.25, 0.3) is 5.91 Å². The number of aliphatic hydroxyl groups excluding tert-OH is 1. The molecule has 0 atom stereocenters. The number of furan rings is 2. The maximum absolute atomic E-state index is 12.8. The van der Waals surface area contributed by atoms with E-state index in [1.807, 2.05) is 30.0 Å². The molecule has 2 aromatic heterocycles. The molecular weight excluding hydrogens is 382 g/mol. The van der Waals surface area contributed by atoms with Gasteiger partial charge >= 0.3 is 0 Å². The van der Waals surface area contributed by atoms with Crippen molar-refractivity contribution < 1.29 is 18.7 Å². The molecule has 1 aromatic carbocycles. The zero-order valence-corrected chi connectivity index (χ0v) is 17.0. The minimum absolute atomic E-state index is 0.00929. The Kier molecular flexibility index (Phi) is 5.65. The van der Waals surface area contributed by atoms with Gasteiger partial charge in [-0.15, -0.1) is 0 Å². The zero-order chi connectivity index (χ0) is 21.1. The lowest BCUT2D eigenvalue weighted by Gasteiger charge is -2.42. The number of likely N-dealkylation sites (tertiary alicyclic amines) is 1. The van der Waals surface area contributed by atoms with Crippen LogP contribution in [0.2, 0.25) is 0 Å². The van der Waals surface area contributed by atoms with Crippen LogP contribution in [0.25, 0.3) is 0 Å². The number of piperidine rings is 1. The van der Waals surface area contributed by atoms with Crippen LogP contribution in [0.5, 0.6) is 0 Å². The minimum atomic E-state index is -1.28. The van der Waals surface area contributed by atoms with Gasteiger partial charge in [0.1, 0.15) is 11.5 Å². The molecule has 7 nitrogen and oxygen atoms in total. The van der Waals surface area contributed by atoms with Gasteiger partial charge in [0.2, 0.25) is 5.54 Å². The Morgan fingerprint density at radius 1 is 1.17 bits per heavy atom. The van der Waals surface area contributed by atoms with Gasteiger partial charge in [0.15, 0.2) is 0 Å². The second kappa shape index (κ2) is 8.38. The summed E-state index contributed by atoms with van der Waals surface area (Å²) < 4.78 is 11.3. The molecule has 0 unspecified atom stereocenters. The summed E-state index contributed by atoms with van der Waals surface area (Å²) >= 11 is 0. The summed E-state index contributed by atoms with van der Waals surface area (Å²) in [6.07, 6.45) is 4.68. The molecular formula is C23H27N3O4. The molecule has 158 valence electrons. The van der Waals surface area contributed by atoms with Crippen LogP contribution in [-0.4, -0.2) is 35.0 Å². The number of hydrogen-bond acceptors (Lipinski definition) is 6. The predicted molar refractivity (Wildman–Crippen MR) is 113 cm³/mol. The summed E-state index contributed by atoms with van der Waals surface area (Å²) in [5.41, 5.74) is 7.61. The van der Waals surface area contributed by atoms with E-state index in [-0.39, 0.29) is 12.6 Å². The van der Waals surface area contributed by atoms with Crippen molar-refractivity contribution in [2.75, 3.05) is 18.4 Å². The van der Waals surface area contributed by atoms with Gasteiger partial charge in [-0.25, -0.2) is 0 Å². The van der Waals surface area contributed by atoms with Gasteiger partial charge in [0, 0.05) is 30.4 Å². The smallest absolute Gasteiger partial charge is 0.253 e. The first-order chi connectivity index (χ1) is 14.6. The number of nitrogens with zero attached hydrogens (tertiary/aromatic N) is 1. The van der Waals surface area contributed by atoms with E-state index in [1.165, 1.54) is 12.5 Å². The first-order valence-electron chi connectivity index (χ1n) is 10.2. The number of aliphatic hydroxyl groups is 1. The van der Waals surface area contributed by atoms with Crippen molar-refractivity contribution >= 4 is 11.6 Å². The highest BCUT2D eigenvalue weighted by molar-refractivity contribution is 5.88. The van der Waals surface area contributed by atoms with E-state index in [9.17, 15) is 9.90 Å². The van der Waals surface area contributed by atoms with Crippen molar-refractivity contribution in [2.24, 2.45) is 5.73 Å². The van der Waals surface area contributed by atoms with Crippen LogP contribution in [-0.2, 0) is 16.9 Å².